The number of aliphatic carboxylic acids is 1. The summed E-state index contributed by atoms with van der Waals surface area (Å²) in [5, 5.41) is 8.50. The summed E-state index contributed by atoms with van der Waals surface area (Å²) >= 11 is 0. The molecule has 0 aliphatic rings. The van der Waals surface area contributed by atoms with Crippen molar-refractivity contribution >= 4 is 5.97 Å². The minimum absolute atomic E-state index is 0.127. The molecule has 70 valence electrons. The van der Waals surface area contributed by atoms with Gasteiger partial charge in [-0.1, -0.05) is 6.07 Å². The van der Waals surface area contributed by atoms with Crippen LogP contribution in [0.15, 0.2) is 12.1 Å². The highest BCUT2D eigenvalue weighted by Gasteiger charge is 2.06. The summed E-state index contributed by atoms with van der Waals surface area (Å²) in [6.45, 7) is 3.44. The van der Waals surface area contributed by atoms with E-state index in [1.165, 1.54) is 6.07 Å². The maximum absolute atomic E-state index is 13.1. The van der Waals surface area contributed by atoms with Gasteiger partial charge in [0, 0.05) is 0 Å². The first-order valence-corrected chi connectivity index (χ1v) is 3.98. The number of aryl methyl sites for hydroxylation is 1. The average molecular weight is 182 g/mol. The molecule has 0 saturated carbocycles. The quantitative estimate of drug-likeness (QED) is 0.760. The largest absolute Gasteiger partial charge is 0.481 e. The fourth-order valence-electron chi connectivity index (χ4n) is 1.16. The van der Waals surface area contributed by atoms with Crippen molar-refractivity contribution < 1.29 is 14.3 Å². The highest BCUT2D eigenvalue weighted by molar-refractivity contribution is 5.70. The molecule has 0 spiro atoms. The van der Waals surface area contributed by atoms with E-state index in [2.05, 4.69) is 0 Å². The van der Waals surface area contributed by atoms with Gasteiger partial charge in [-0.25, -0.2) is 4.39 Å². The molecule has 0 radical (unpaired) electrons. The molecule has 1 aromatic rings. The second-order valence-corrected chi connectivity index (χ2v) is 3.09. The van der Waals surface area contributed by atoms with Gasteiger partial charge >= 0.3 is 5.97 Å². The van der Waals surface area contributed by atoms with Crippen LogP contribution in [-0.2, 0) is 11.2 Å². The number of carbonyl (C=O) groups is 1. The molecule has 3 heteroatoms. The summed E-state index contributed by atoms with van der Waals surface area (Å²) in [6.07, 6.45) is -0.127. The van der Waals surface area contributed by atoms with Crippen LogP contribution in [0.4, 0.5) is 4.39 Å². The molecule has 0 aliphatic heterocycles. The van der Waals surface area contributed by atoms with Crippen LogP contribution < -0.4 is 0 Å². The lowest BCUT2D eigenvalue weighted by atomic mass is 10.0. The van der Waals surface area contributed by atoms with E-state index in [-0.39, 0.29) is 12.2 Å². The summed E-state index contributed by atoms with van der Waals surface area (Å²) in [4.78, 5) is 10.4. The fourth-order valence-corrected chi connectivity index (χ4v) is 1.16. The Kier molecular flexibility index (Phi) is 2.66. The molecule has 1 rings (SSSR count). The van der Waals surface area contributed by atoms with Gasteiger partial charge in [0.15, 0.2) is 0 Å². The van der Waals surface area contributed by atoms with Crippen molar-refractivity contribution in [1.29, 1.82) is 0 Å². The Labute approximate surface area is 76.0 Å². The van der Waals surface area contributed by atoms with Gasteiger partial charge in [0.25, 0.3) is 0 Å². The zero-order valence-corrected chi connectivity index (χ0v) is 7.60. The molecular weight excluding hydrogens is 171 g/mol. The first-order valence-electron chi connectivity index (χ1n) is 3.98. The molecule has 0 fully saturated rings. The van der Waals surface area contributed by atoms with Gasteiger partial charge in [-0.3, -0.25) is 4.79 Å². The van der Waals surface area contributed by atoms with Gasteiger partial charge in [-0.2, -0.15) is 0 Å². The lowest BCUT2D eigenvalue weighted by molar-refractivity contribution is -0.136. The molecule has 0 saturated heterocycles. The fraction of sp³-hybridized carbons (Fsp3) is 0.300. The normalized spacial score (nSPS) is 10.1. The number of carboxylic acids is 1. The minimum atomic E-state index is -0.942. The molecule has 0 amide bonds. The van der Waals surface area contributed by atoms with Crippen LogP contribution in [0.3, 0.4) is 0 Å². The number of rotatable bonds is 2. The molecule has 0 aromatic heterocycles. The minimum Gasteiger partial charge on any atom is -0.481 e. The first kappa shape index (κ1) is 9.71. The van der Waals surface area contributed by atoms with Crippen LogP contribution >= 0.6 is 0 Å². The lowest BCUT2D eigenvalue weighted by Gasteiger charge is -2.04. The molecule has 0 unspecified atom stereocenters. The standard InChI is InChI=1S/C10H11FO2/c1-6-3-8(5-10(12)13)4-9(11)7(6)2/h3-4H,5H2,1-2H3,(H,12,13). The maximum Gasteiger partial charge on any atom is 0.307 e. The Morgan fingerprint density at radius 3 is 2.54 bits per heavy atom. The van der Waals surface area contributed by atoms with Crippen molar-refractivity contribution in [3.05, 3.63) is 34.6 Å². The zero-order valence-electron chi connectivity index (χ0n) is 7.60. The third-order valence-electron chi connectivity index (χ3n) is 2.02. The summed E-state index contributed by atoms with van der Waals surface area (Å²) in [7, 11) is 0. The molecule has 0 heterocycles. The predicted octanol–water partition coefficient (Wildman–Crippen LogP) is 2.07. The number of hydrogen-bond donors (Lipinski definition) is 1. The monoisotopic (exact) mass is 182 g/mol. The van der Waals surface area contributed by atoms with E-state index in [1.54, 1.807) is 19.9 Å². The van der Waals surface area contributed by atoms with E-state index in [4.69, 9.17) is 5.11 Å². The van der Waals surface area contributed by atoms with Crippen molar-refractivity contribution in [2.24, 2.45) is 0 Å². The van der Waals surface area contributed by atoms with Gasteiger partial charge in [0.05, 0.1) is 6.42 Å². The third kappa shape index (κ3) is 2.28. The summed E-state index contributed by atoms with van der Waals surface area (Å²) in [5.74, 6) is -1.28. The van der Waals surface area contributed by atoms with Crippen molar-refractivity contribution in [3.8, 4) is 0 Å². The Bertz CT molecular complexity index is 322. The van der Waals surface area contributed by atoms with E-state index >= 15 is 0 Å². The van der Waals surface area contributed by atoms with Gasteiger partial charge in [-0.15, -0.1) is 0 Å². The summed E-state index contributed by atoms with van der Waals surface area (Å²) in [5.41, 5.74) is 1.87. The van der Waals surface area contributed by atoms with E-state index in [1.807, 2.05) is 0 Å². The number of hydrogen-bond acceptors (Lipinski definition) is 1. The van der Waals surface area contributed by atoms with E-state index in [0.29, 0.717) is 11.1 Å². The molecule has 0 bridgehead atoms. The molecule has 2 nitrogen and oxygen atoms in total. The Morgan fingerprint density at radius 1 is 1.46 bits per heavy atom. The molecular formula is C10H11FO2. The Hall–Kier alpha value is -1.38. The second-order valence-electron chi connectivity index (χ2n) is 3.09. The van der Waals surface area contributed by atoms with Crippen molar-refractivity contribution in [2.45, 2.75) is 20.3 Å². The van der Waals surface area contributed by atoms with Crippen LogP contribution in [0.1, 0.15) is 16.7 Å². The topological polar surface area (TPSA) is 37.3 Å². The lowest BCUT2D eigenvalue weighted by Crippen LogP contribution is -2.01. The van der Waals surface area contributed by atoms with E-state index < -0.39 is 5.97 Å². The van der Waals surface area contributed by atoms with Gasteiger partial charge in [0.2, 0.25) is 0 Å². The molecule has 1 aromatic carbocycles. The van der Waals surface area contributed by atoms with Crippen LogP contribution in [0.2, 0.25) is 0 Å². The number of carboxylic acid groups (broad SMARTS) is 1. The third-order valence-corrected chi connectivity index (χ3v) is 2.02. The average Bonchev–Trinajstić information content (AvgIpc) is 1.98. The van der Waals surface area contributed by atoms with Crippen molar-refractivity contribution in [2.75, 3.05) is 0 Å². The molecule has 13 heavy (non-hydrogen) atoms. The molecule has 1 N–H and O–H groups in total. The number of halogens is 1. The zero-order chi connectivity index (χ0) is 10.0. The SMILES string of the molecule is Cc1cc(CC(=O)O)cc(F)c1C. The van der Waals surface area contributed by atoms with Crippen LogP contribution in [0, 0.1) is 19.7 Å². The van der Waals surface area contributed by atoms with Crippen molar-refractivity contribution in [3.63, 3.8) is 0 Å². The number of benzene rings is 1. The Balaban J connectivity index is 3.06. The van der Waals surface area contributed by atoms with Gasteiger partial charge < -0.3 is 5.11 Å². The van der Waals surface area contributed by atoms with Gasteiger partial charge in [0.1, 0.15) is 5.82 Å². The smallest absolute Gasteiger partial charge is 0.307 e. The summed E-state index contributed by atoms with van der Waals surface area (Å²) in [6, 6.07) is 2.98. The van der Waals surface area contributed by atoms with Crippen molar-refractivity contribution in [1.82, 2.24) is 0 Å². The van der Waals surface area contributed by atoms with Crippen LogP contribution in [0.25, 0.3) is 0 Å². The van der Waals surface area contributed by atoms with E-state index in [0.717, 1.165) is 5.56 Å². The molecule has 0 aliphatic carbocycles. The second kappa shape index (κ2) is 3.56. The maximum atomic E-state index is 13.1. The summed E-state index contributed by atoms with van der Waals surface area (Å²) < 4.78 is 13.1. The highest BCUT2D eigenvalue weighted by Crippen LogP contribution is 2.14. The molecule has 0 atom stereocenters. The van der Waals surface area contributed by atoms with Gasteiger partial charge in [-0.05, 0) is 36.6 Å². The van der Waals surface area contributed by atoms with Crippen LogP contribution in [0.5, 0.6) is 0 Å². The highest BCUT2D eigenvalue weighted by atomic mass is 19.1. The van der Waals surface area contributed by atoms with E-state index in [9.17, 15) is 9.18 Å². The van der Waals surface area contributed by atoms with Crippen LogP contribution in [-0.4, -0.2) is 11.1 Å². The first-order chi connectivity index (χ1) is 6.00. The predicted molar refractivity (Wildman–Crippen MR) is 47.2 cm³/mol. The Morgan fingerprint density at radius 2 is 2.08 bits per heavy atom.